The molecule has 0 radical (unpaired) electrons. The molecule has 1 aliphatic heterocycles. The van der Waals surface area contributed by atoms with Crippen molar-refractivity contribution in [2.75, 3.05) is 12.3 Å². The molecule has 274 valence electrons. The second kappa shape index (κ2) is 16.8. The van der Waals surface area contributed by atoms with Crippen LogP contribution in [0.1, 0.15) is 53.1 Å². The molecule has 56 heavy (non-hydrogen) atoms. The standard InChI is InChI=1S/C54H48N2/c1-3-4-5-12-38(2)41-25-27-44(28-26-41)50(30-21-39-19-23-42-13-6-8-15-45(42)33-39)48-29-32-51(53(55)35-48)52(54-36-47-17-10-11-18-49(47)37-56-54)31-22-40-20-24-43-14-7-9-16-46(43)34-40/h3-9,11-16,18-20,23-36,56H,2,10,17,21-22,37,55H2,1H3/b4-3-,12-5-,50-30-,52-31+. The minimum absolute atomic E-state index is 0.758. The quantitative estimate of drug-likeness (QED) is 0.103. The summed E-state index contributed by atoms with van der Waals surface area (Å²) in [4.78, 5) is 0. The number of allylic oxidation sites excluding steroid dienone is 11. The van der Waals surface area contributed by atoms with Gasteiger partial charge in [-0.2, -0.15) is 0 Å². The van der Waals surface area contributed by atoms with Crippen molar-refractivity contribution in [2.45, 2.75) is 32.6 Å². The van der Waals surface area contributed by atoms with Gasteiger partial charge in [0.25, 0.3) is 0 Å². The molecule has 3 N–H and O–H groups in total. The van der Waals surface area contributed by atoms with E-state index in [0.717, 1.165) is 82.6 Å². The molecule has 2 aliphatic rings. The average Bonchev–Trinajstić information content (AvgIpc) is 3.24. The number of anilines is 1. The molecule has 2 nitrogen and oxygen atoms in total. The maximum Gasteiger partial charge on any atom is 0.0423 e. The van der Waals surface area contributed by atoms with Gasteiger partial charge < -0.3 is 11.1 Å². The van der Waals surface area contributed by atoms with E-state index >= 15 is 0 Å². The molecule has 0 unspecified atom stereocenters. The first-order valence-electron chi connectivity index (χ1n) is 19.7. The lowest BCUT2D eigenvalue weighted by molar-refractivity contribution is 0.840. The highest BCUT2D eigenvalue weighted by molar-refractivity contribution is 5.90. The highest BCUT2D eigenvalue weighted by Crippen LogP contribution is 2.36. The van der Waals surface area contributed by atoms with Gasteiger partial charge in [-0.25, -0.2) is 0 Å². The second-order valence-corrected chi connectivity index (χ2v) is 14.7. The predicted molar refractivity (Wildman–Crippen MR) is 242 cm³/mol. The zero-order valence-electron chi connectivity index (χ0n) is 32.1. The number of nitrogens with one attached hydrogen (secondary N) is 1. The fourth-order valence-corrected chi connectivity index (χ4v) is 7.82. The SMILES string of the molecule is C=C(/C=C\C=C/C)c1ccc(/C(=C/Cc2ccc3ccccc3c2)c2ccc(/C(=C\Cc3ccc4ccccc4c3)C3=CC4=C(C=CCC4)CN3)c(N)c2)cc1. The lowest BCUT2D eigenvalue weighted by Gasteiger charge is -2.25. The molecule has 0 spiro atoms. The normalized spacial score (nSPS) is 14.8. The van der Waals surface area contributed by atoms with E-state index in [-0.39, 0.29) is 0 Å². The van der Waals surface area contributed by atoms with Crippen LogP contribution in [-0.2, 0) is 12.8 Å². The summed E-state index contributed by atoms with van der Waals surface area (Å²) in [7, 11) is 0. The Hall–Kier alpha value is -6.64. The van der Waals surface area contributed by atoms with Gasteiger partial charge in [0.2, 0.25) is 0 Å². The van der Waals surface area contributed by atoms with Crippen LogP contribution in [0.3, 0.4) is 0 Å². The predicted octanol–water partition coefficient (Wildman–Crippen LogP) is 13.2. The average molecular weight is 725 g/mol. The molecule has 1 heterocycles. The Bertz CT molecular complexity index is 2650. The largest absolute Gasteiger partial charge is 0.398 e. The monoisotopic (exact) mass is 724 g/mol. The molecule has 2 heteroatoms. The minimum Gasteiger partial charge on any atom is -0.398 e. The lowest BCUT2D eigenvalue weighted by atomic mass is 9.88. The van der Waals surface area contributed by atoms with Crippen molar-refractivity contribution >= 4 is 44.0 Å². The fraction of sp³-hybridized carbons (Fsp3) is 0.111. The van der Waals surface area contributed by atoms with Gasteiger partial charge in [-0.1, -0.05) is 177 Å². The van der Waals surface area contributed by atoms with Gasteiger partial charge in [-0.3, -0.25) is 0 Å². The zero-order chi connectivity index (χ0) is 38.3. The van der Waals surface area contributed by atoms with E-state index < -0.39 is 0 Å². The number of benzene rings is 6. The number of rotatable bonds is 11. The third-order valence-corrected chi connectivity index (χ3v) is 10.9. The van der Waals surface area contributed by atoms with E-state index in [1.165, 1.54) is 43.8 Å². The Labute approximate surface area is 331 Å². The maximum absolute atomic E-state index is 7.14. The Morgan fingerprint density at radius 3 is 1.95 bits per heavy atom. The van der Waals surface area contributed by atoms with Crippen molar-refractivity contribution in [1.29, 1.82) is 0 Å². The van der Waals surface area contributed by atoms with E-state index in [4.69, 9.17) is 5.73 Å². The smallest absolute Gasteiger partial charge is 0.0423 e. The fourth-order valence-electron chi connectivity index (χ4n) is 7.82. The van der Waals surface area contributed by atoms with Crippen molar-refractivity contribution < 1.29 is 0 Å². The molecule has 6 aromatic carbocycles. The van der Waals surface area contributed by atoms with E-state index in [1.54, 1.807) is 0 Å². The molecule has 0 fully saturated rings. The molecule has 1 aliphatic carbocycles. The van der Waals surface area contributed by atoms with E-state index in [9.17, 15) is 0 Å². The van der Waals surface area contributed by atoms with Crippen LogP contribution in [0.15, 0.2) is 206 Å². The van der Waals surface area contributed by atoms with Crippen LogP contribution in [0.25, 0.3) is 38.3 Å². The number of nitrogen functional groups attached to an aromatic ring is 1. The van der Waals surface area contributed by atoms with E-state index in [1.807, 2.05) is 25.2 Å². The summed E-state index contributed by atoms with van der Waals surface area (Å²) in [6, 6.07) is 46.0. The molecule has 0 saturated carbocycles. The topological polar surface area (TPSA) is 38.0 Å². The van der Waals surface area contributed by atoms with Gasteiger partial charge in [-0.15, -0.1) is 0 Å². The second-order valence-electron chi connectivity index (χ2n) is 14.7. The maximum atomic E-state index is 7.14. The van der Waals surface area contributed by atoms with Gasteiger partial charge in [-0.05, 0) is 116 Å². The summed E-state index contributed by atoms with van der Waals surface area (Å²) in [6.07, 6.45) is 23.4. The summed E-state index contributed by atoms with van der Waals surface area (Å²) < 4.78 is 0. The Balaban J connectivity index is 1.17. The van der Waals surface area contributed by atoms with Crippen LogP contribution in [0.2, 0.25) is 0 Å². The van der Waals surface area contributed by atoms with Crippen molar-refractivity contribution in [3.63, 3.8) is 0 Å². The molecule has 0 saturated heterocycles. The minimum atomic E-state index is 0.758. The van der Waals surface area contributed by atoms with Crippen LogP contribution < -0.4 is 11.1 Å². The first-order valence-corrected chi connectivity index (χ1v) is 19.7. The van der Waals surface area contributed by atoms with Crippen molar-refractivity contribution in [3.8, 4) is 0 Å². The summed E-state index contributed by atoms with van der Waals surface area (Å²) >= 11 is 0. The molecular weight excluding hydrogens is 677 g/mol. The molecule has 8 rings (SSSR count). The van der Waals surface area contributed by atoms with Crippen LogP contribution in [0.5, 0.6) is 0 Å². The van der Waals surface area contributed by atoms with Crippen LogP contribution in [-0.4, -0.2) is 6.54 Å². The van der Waals surface area contributed by atoms with Crippen LogP contribution >= 0.6 is 0 Å². The highest BCUT2D eigenvalue weighted by atomic mass is 14.9. The first-order chi connectivity index (χ1) is 27.5. The highest BCUT2D eigenvalue weighted by Gasteiger charge is 2.19. The van der Waals surface area contributed by atoms with E-state index in [2.05, 4.69) is 176 Å². The number of dihydropyridines is 1. The van der Waals surface area contributed by atoms with E-state index in [0.29, 0.717) is 0 Å². The summed E-state index contributed by atoms with van der Waals surface area (Å²) in [5.41, 5.74) is 22.0. The summed E-state index contributed by atoms with van der Waals surface area (Å²) in [6.45, 7) is 7.14. The molecule has 0 aromatic heterocycles. The van der Waals surface area contributed by atoms with Crippen molar-refractivity contribution in [3.05, 3.63) is 239 Å². The Morgan fingerprint density at radius 1 is 0.661 bits per heavy atom. The number of nitrogens with two attached hydrogens (primary N) is 1. The number of hydrogen-bond donors (Lipinski definition) is 2. The lowest BCUT2D eigenvalue weighted by Crippen LogP contribution is -2.23. The van der Waals surface area contributed by atoms with Crippen molar-refractivity contribution in [1.82, 2.24) is 5.32 Å². The van der Waals surface area contributed by atoms with Crippen molar-refractivity contribution in [2.24, 2.45) is 0 Å². The van der Waals surface area contributed by atoms with Gasteiger partial charge in [0, 0.05) is 29.1 Å². The first kappa shape index (κ1) is 36.3. The molecule has 0 atom stereocenters. The Kier molecular flexibility index (Phi) is 10.9. The van der Waals surface area contributed by atoms with Gasteiger partial charge in [0.05, 0.1) is 0 Å². The molecule has 0 bridgehead atoms. The molecule has 0 amide bonds. The summed E-state index contributed by atoms with van der Waals surface area (Å²) in [5.74, 6) is 0. The Morgan fingerprint density at radius 2 is 1.29 bits per heavy atom. The van der Waals surface area contributed by atoms with Gasteiger partial charge >= 0.3 is 0 Å². The number of hydrogen-bond acceptors (Lipinski definition) is 2. The van der Waals surface area contributed by atoms with Gasteiger partial charge in [0.15, 0.2) is 0 Å². The third-order valence-electron chi connectivity index (χ3n) is 10.9. The molecular formula is C54H48N2. The van der Waals surface area contributed by atoms with Crippen LogP contribution in [0.4, 0.5) is 5.69 Å². The van der Waals surface area contributed by atoms with Crippen LogP contribution in [0, 0.1) is 0 Å². The van der Waals surface area contributed by atoms with Gasteiger partial charge in [0.1, 0.15) is 0 Å². The number of fused-ring (bicyclic) bond motifs is 2. The third kappa shape index (κ3) is 8.21. The molecule has 6 aromatic rings. The summed E-state index contributed by atoms with van der Waals surface area (Å²) in [5, 5.41) is 8.78. The zero-order valence-corrected chi connectivity index (χ0v) is 32.1.